The number of benzene rings is 4. The summed E-state index contributed by atoms with van der Waals surface area (Å²) in [6.07, 6.45) is 0. The molecule has 0 saturated heterocycles. The molecule has 1 aromatic heterocycles. The first-order chi connectivity index (χ1) is 13.8. The number of aromatic nitrogens is 1. The molecule has 0 bridgehead atoms. The van der Waals surface area contributed by atoms with Crippen LogP contribution < -0.4 is 0 Å². The predicted molar refractivity (Wildman–Crippen MR) is 115 cm³/mol. The Balaban J connectivity index is 1.63. The van der Waals surface area contributed by atoms with Crippen molar-refractivity contribution in [3.05, 3.63) is 78.9 Å². The van der Waals surface area contributed by atoms with Gasteiger partial charge in [0.1, 0.15) is 5.75 Å². The highest BCUT2D eigenvalue weighted by Gasteiger charge is 2.10. The zero-order valence-corrected chi connectivity index (χ0v) is 15.5. The zero-order chi connectivity index (χ0) is 19.1. The molecule has 4 nitrogen and oxygen atoms in total. The average molecular weight is 365 g/mol. The van der Waals surface area contributed by atoms with Gasteiger partial charge in [0.05, 0.1) is 11.4 Å². The van der Waals surface area contributed by atoms with E-state index >= 15 is 0 Å². The fourth-order valence-electron chi connectivity index (χ4n) is 3.91. The van der Waals surface area contributed by atoms with E-state index < -0.39 is 0 Å². The third kappa shape index (κ3) is 2.54. The highest BCUT2D eigenvalue weighted by Crippen LogP contribution is 2.35. The van der Waals surface area contributed by atoms with Crippen LogP contribution in [-0.2, 0) is 6.54 Å². The van der Waals surface area contributed by atoms with Crippen LogP contribution in [0.1, 0.15) is 6.92 Å². The smallest absolute Gasteiger partial charge is 0.123 e. The van der Waals surface area contributed by atoms with E-state index in [9.17, 15) is 5.11 Å². The molecular weight excluding hydrogens is 346 g/mol. The Hall–Kier alpha value is -3.66. The van der Waals surface area contributed by atoms with Gasteiger partial charge in [-0.2, -0.15) is 5.11 Å². The second-order valence-corrected chi connectivity index (χ2v) is 6.81. The van der Waals surface area contributed by atoms with E-state index in [1.165, 1.54) is 21.8 Å². The molecule has 4 aromatic carbocycles. The van der Waals surface area contributed by atoms with Gasteiger partial charge in [-0.25, -0.2) is 0 Å². The van der Waals surface area contributed by atoms with Crippen LogP contribution in [0.2, 0.25) is 0 Å². The minimum Gasteiger partial charge on any atom is -0.507 e. The fraction of sp³-hybridized carbons (Fsp3) is 0.0833. The molecule has 0 unspecified atom stereocenters. The molecule has 0 spiro atoms. The van der Waals surface area contributed by atoms with Crippen LogP contribution in [0.3, 0.4) is 0 Å². The van der Waals surface area contributed by atoms with Crippen LogP contribution >= 0.6 is 0 Å². The first-order valence-corrected chi connectivity index (χ1v) is 9.39. The quantitative estimate of drug-likeness (QED) is 0.341. The molecule has 0 fully saturated rings. The number of nitrogens with zero attached hydrogens (tertiary/aromatic N) is 3. The van der Waals surface area contributed by atoms with Gasteiger partial charge in [0.15, 0.2) is 0 Å². The summed E-state index contributed by atoms with van der Waals surface area (Å²) in [5.41, 5.74) is 3.99. The first-order valence-electron chi connectivity index (χ1n) is 9.39. The summed E-state index contributed by atoms with van der Waals surface area (Å²) in [6, 6.07) is 25.8. The van der Waals surface area contributed by atoms with Gasteiger partial charge in [0.2, 0.25) is 0 Å². The number of phenolic OH excluding ortho intramolecular Hbond substituents is 1. The van der Waals surface area contributed by atoms with E-state index in [-0.39, 0.29) is 5.75 Å². The summed E-state index contributed by atoms with van der Waals surface area (Å²) >= 11 is 0. The van der Waals surface area contributed by atoms with Crippen molar-refractivity contribution in [3.8, 4) is 5.75 Å². The lowest BCUT2D eigenvalue weighted by Gasteiger charge is -2.04. The number of para-hydroxylation sites is 1. The van der Waals surface area contributed by atoms with E-state index in [1.54, 1.807) is 12.1 Å². The van der Waals surface area contributed by atoms with Crippen molar-refractivity contribution in [2.24, 2.45) is 10.2 Å². The van der Waals surface area contributed by atoms with E-state index in [0.29, 0.717) is 0 Å². The van der Waals surface area contributed by atoms with Crippen molar-refractivity contribution in [1.29, 1.82) is 0 Å². The SMILES string of the molecule is CCn1c2ccccc2c2cc(N=Nc3ccc(O)c4ccccc34)ccc21. The van der Waals surface area contributed by atoms with E-state index in [0.717, 1.165) is 28.7 Å². The number of aryl methyl sites for hydroxylation is 1. The Morgan fingerprint density at radius 3 is 2.25 bits per heavy atom. The van der Waals surface area contributed by atoms with Crippen molar-refractivity contribution in [1.82, 2.24) is 4.57 Å². The third-order valence-electron chi connectivity index (χ3n) is 5.22. The molecule has 136 valence electrons. The summed E-state index contributed by atoms with van der Waals surface area (Å²) in [6.45, 7) is 3.08. The number of hydrogen-bond donors (Lipinski definition) is 1. The second kappa shape index (κ2) is 6.50. The van der Waals surface area contributed by atoms with Gasteiger partial charge in [-0.1, -0.05) is 42.5 Å². The fourth-order valence-corrected chi connectivity index (χ4v) is 3.91. The molecule has 0 saturated carbocycles. The maximum absolute atomic E-state index is 10.1. The summed E-state index contributed by atoms with van der Waals surface area (Å²) < 4.78 is 2.32. The van der Waals surface area contributed by atoms with Crippen molar-refractivity contribution < 1.29 is 5.11 Å². The van der Waals surface area contributed by atoms with Gasteiger partial charge in [-0.05, 0) is 43.3 Å². The Bertz CT molecular complexity index is 1360. The molecular formula is C24H19N3O. The van der Waals surface area contributed by atoms with Crippen molar-refractivity contribution >= 4 is 44.0 Å². The second-order valence-electron chi connectivity index (χ2n) is 6.81. The van der Waals surface area contributed by atoms with Gasteiger partial charge >= 0.3 is 0 Å². The zero-order valence-electron chi connectivity index (χ0n) is 15.5. The molecule has 0 amide bonds. The summed E-state index contributed by atoms with van der Waals surface area (Å²) in [7, 11) is 0. The molecule has 1 heterocycles. The van der Waals surface area contributed by atoms with E-state index in [2.05, 4.69) is 58.1 Å². The van der Waals surface area contributed by atoms with E-state index in [1.807, 2.05) is 30.3 Å². The molecule has 5 rings (SSSR count). The molecule has 28 heavy (non-hydrogen) atoms. The predicted octanol–water partition coefficient (Wildman–Crippen LogP) is 7.09. The van der Waals surface area contributed by atoms with Gasteiger partial charge in [0, 0.05) is 39.1 Å². The molecule has 0 atom stereocenters. The lowest BCUT2D eigenvalue weighted by molar-refractivity contribution is 0.481. The Kier molecular flexibility index (Phi) is 3.83. The molecule has 0 aliphatic heterocycles. The normalized spacial score (nSPS) is 11.9. The largest absolute Gasteiger partial charge is 0.507 e. The van der Waals surface area contributed by atoms with Gasteiger partial charge in [0.25, 0.3) is 0 Å². The van der Waals surface area contributed by atoms with Gasteiger partial charge < -0.3 is 9.67 Å². The molecule has 0 aliphatic rings. The number of hydrogen-bond acceptors (Lipinski definition) is 3. The maximum Gasteiger partial charge on any atom is 0.123 e. The Labute approximate surface area is 162 Å². The molecule has 4 heteroatoms. The van der Waals surface area contributed by atoms with Crippen LogP contribution in [0, 0.1) is 0 Å². The molecule has 5 aromatic rings. The van der Waals surface area contributed by atoms with Crippen molar-refractivity contribution in [3.63, 3.8) is 0 Å². The number of phenols is 1. The van der Waals surface area contributed by atoms with Gasteiger partial charge in [-0.15, -0.1) is 5.11 Å². The van der Waals surface area contributed by atoms with Gasteiger partial charge in [-0.3, -0.25) is 0 Å². The molecule has 0 aliphatic carbocycles. The molecule has 0 radical (unpaired) electrons. The standard InChI is InChI=1S/C24H19N3O/c1-2-27-22-10-6-5-8-18(22)20-15-16(11-13-23(20)27)25-26-21-12-14-24(28)19-9-4-3-7-17(19)21/h3-15,28H,2H2,1H3. The highest BCUT2D eigenvalue weighted by molar-refractivity contribution is 6.09. The lowest BCUT2D eigenvalue weighted by Crippen LogP contribution is -1.92. The molecule has 1 N–H and O–H groups in total. The number of azo groups is 1. The minimum atomic E-state index is 0.253. The van der Waals surface area contributed by atoms with Crippen LogP contribution in [0.25, 0.3) is 32.6 Å². The Morgan fingerprint density at radius 1 is 0.714 bits per heavy atom. The van der Waals surface area contributed by atoms with Crippen LogP contribution in [0.15, 0.2) is 89.1 Å². The van der Waals surface area contributed by atoms with Crippen LogP contribution in [0.5, 0.6) is 5.75 Å². The number of aromatic hydroxyl groups is 1. The minimum absolute atomic E-state index is 0.253. The maximum atomic E-state index is 10.1. The summed E-state index contributed by atoms with van der Waals surface area (Å²) in [5, 5.41) is 23.1. The van der Waals surface area contributed by atoms with Crippen molar-refractivity contribution in [2.75, 3.05) is 0 Å². The lowest BCUT2D eigenvalue weighted by atomic mass is 10.1. The average Bonchev–Trinajstić information content (AvgIpc) is 3.06. The van der Waals surface area contributed by atoms with Crippen LogP contribution in [0.4, 0.5) is 11.4 Å². The monoisotopic (exact) mass is 365 g/mol. The summed E-state index contributed by atoms with van der Waals surface area (Å²) in [4.78, 5) is 0. The van der Waals surface area contributed by atoms with Crippen molar-refractivity contribution in [2.45, 2.75) is 13.5 Å². The first kappa shape index (κ1) is 16.5. The third-order valence-corrected chi connectivity index (χ3v) is 5.22. The number of fused-ring (bicyclic) bond motifs is 4. The highest BCUT2D eigenvalue weighted by atomic mass is 16.3. The topological polar surface area (TPSA) is 49.9 Å². The van der Waals surface area contributed by atoms with E-state index in [4.69, 9.17) is 0 Å². The Morgan fingerprint density at radius 2 is 1.43 bits per heavy atom. The number of rotatable bonds is 3. The summed E-state index contributed by atoms with van der Waals surface area (Å²) in [5.74, 6) is 0.253. The van der Waals surface area contributed by atoms with Crippen LogP contribution in [-0.4, -0.2) is 9.67 Å².